The number of amides is 1. The van der Waals surface area contributed by atoms with Crippen molar-refractivity contribution in [2.75, 3.05) is 19.0 Å². The van der Waals surface area contributed by atoms with Gasteiger partial charge in [0.1, 0.15) is 0 Å². The van der Waals surface area contributed by atoms with Crippen molar-refractivity contribution in [1.29, 1.82) is 0 Å². The Morgan fingerprint density at radius 1 is 1.23 bits per heavy atom. The monoisotopic (exact) mass is 422 g/mol. The van der Waals surface area contributed by atoms with Gasteiger partial charge in [-0.25, -0.2) is 8.42 Å². The fourth-order valence-corrected chi connectivity index (χ4v) is 4.07. The van der Waals surface area contributed by atoms with Crippen molar-refractivity contribution in [3.63, 3.8) is 0 Å². The molecule has 1 aliphatic rings. The molecule has 1 amide bonds. The number of carbonyl (C=O) groups is 1. The van der Waals surface area contributed by atoms with Gasteiger partial charge in [0.05, 0.1) is 11.5 Å². The second kappa shape index (κ2) is 9.96. The number of rotatable bonds is 7. The summed E-state index contributed by atoms with van der Waals surface area (Å²) in [7, 11) is -2.01. The summed E-state index contributed by atoms with van der Waals surface area (Å²) in [6.07, 6.45) is 12.6. The van der Waals surface area contributed by atoms with Crippen LogP contribution in [0.1, 0.15) is 12.0 Å². The Labute approximate surface area is 176 Å². The largest absolute Gasteiger partial charge is 0.380 e. The summed E-state index contributed by atoms with van der Waals surface area (Å²) in [4.78, 5) is 16.2. The molecule has 0 bridgehead atoms. The van der Waals surface area contributed by atoms with E-state index in [-0.39, 0.29) is 10.8 Å². The quantitative estimate of drug-likeness (QED) is 0.684. The van der Waals surface area contributed by atoms with E-state index >= 15 is 0 Å². The van der Waals surface area contributed by atoms with E-state index in [1.54, 1.807) is 43.8 Å². The van der Waals surface area contributed by atoms with Crippen LogP contribution in [0.5, 0.6) is 0 Å². The highest BCUT2D eigenvalue weighted by Crippen LogP contribution is 2.22. The number of nitrogens with one attached hydrogen (secondary N) is 1. The number of carbonyl (C=O) groups excluding carboxylic acids is 1. The standard InChI is InChI=1S/C23H22N2O4S/c1-29-16-19-4-2-5-20(14-19)17-30(27,28)22-10-8-21(9-11-22)25-23(26)12-7-18-6-3-13-24-15-18/h2-4,6-15,17H,5,16H2,1H3,(H,25,26)/b12-7+,20-17+. The molecule has 0 atom stereocenters. The highest BCUT2D eigenvalue weighted by molar-refractivity contribution is 7.94. The molecule has 30 heavy (non-hydrogen) atoms. The van der Waals surface area contributed by atoms with Crippen molar-refractivity contribution in [3.05, 3.63) is 95.2 Å². The second-order valence-electron chi connectivity index (χ2n) is 6.63. The maximum absolute atomic E-state index is 12.7. The molecule has 0 saturated heterocycles. The van der Waals surface area contributed by atoms with Crippen LogP contribution in [-0.2, 0) is 19.4 Å². The summed E-state index contributed by atoms with van der Waals surface area (Å²) in [6.45, 7) is 0.428. The van der Waals surface area contributed by atoms with Gasteiger partial charge in [0.25, 0.3) is 0 Å². The Kier molecular flexibility index (Phi) is 7.11. The Morgan fingerprint density at radius 3 is 2.73 bits per heavy atom. The molecule has 2 aromatic rings. The van der Waals surface area contributed by atoms with Crippen LogP contribution in [0.15, 0.2) is 94.5 Å². The number of pyridine rings is 1. The van der Waals surface area contributed by atoms with Crippen LogP contribution in [0.2, 0.25) is 0 Å². The SMILES string of the molecule is COCC1=C/C(=C/S(=O)(=O)c2ccc(NC(=O)/C=C/c3cccnc3)cc2)CC=C1. The van der Waals surface area contributed by atoms with Gasteiger partial charge >= 0.3 is 0 Å². The minimum atomic E-state index is -3.60. The lowest BCUT2D eigenvalue weighted by atomic mass is 10.0. The van der Waals surface area contributed by atoms with Gasteiger partial charge in [-0.1, -0.05) is 24.3 Å². The molecule has 1 aromatic heterocycles. The van der Waals surface area contributed by atoms with Crippen molar-refractivity contribution in [2.24, 2.45) is 0 Å². The maximum atomic E-state index is 12.7. The van der Waals surface area contributed by atoms with Crippen LogP contribution in [-0.4, -0.2) is 33.0 Å². The normalized spacial score (nSPS) is 15.4. The number of aromatic nitrogens is 1. The second-order valence-corrected chi connectivity index (χ2v) is 8.43. The van der Waals surface area contributed by atoms with E-state index in [0.29, 0.717) is 24.3 Å². The lowest BCUT2D eigenvalue weighted by Gasteiger charge is -2.09. The van der Waals surface area contributed by atoms with Gasteiger partial charge in [-0.3, -0.25) is 9.78 Å². The summed E-state index contributed by atoms with van der Waals surface area (Å²) in [5.41, 5.74) is 2.93. The van der Waals surface area contributed by atoms with E-state index < -0.39 is 9.84 Å². The third kappa shape index (κ3) is 6.10. The van der Waals surface area contributed by atoms with Crippen molar-refractivity contribution in [3.8, 4) is 0 Å². The average Bonchev–Trinajstić information content (AvgIpc) is 2.74. The molecular weight excluding hydrogens is 400 g/mol. The number of sulfone groups is 1. The molecule has 0 saturated carbocycles. The molecule has 7 heteroatoms. The van der Waals surface area contributed by atoms with Gasteiger partial charge in [-0.2, -0.15) is 0 Å². The van der Waals surface area contributed by atoms with Gasteiger partial charge in [0.2, 0.25) is 5.91 Å². The first kappa shape index (κ1) is 21.4. The molecule has 1 aromatic carbocycles. The van der Waals surface area contributed by atoms with E-state index in [2.05, 4.69) is 10.3 Å². The van der Waals surface area contributed by atoms with Crippen LogP contribution in [0.4, 0.5) is 5.69 Å². The number of anilines is 1. The van der Waals surface area contributed by atoms with Crippen molar-refractivity contribution >= 4 is 27.5 Å². The van der Waals surface area contributed by atoms with Crippen LogP contribution >= 0.6 is 0 Å². The van der Waals surface area contributed by atoms with Gasteiger partial charge in [-0.15, -0.1) is 0 Å². The third-order valence-corrected chi connectivity index (χ3v) is 5.78. The first-order valence-electron chi connectivity index (χ1n) is 9.27. The number of nitrogens with zero attached hydrogens (tertiary/aromatic N) is 1. The topological polar surface area (TPSA) is 85.4 Å². The molecule has 1 N–H and O–H groups in total. The van der Waals surface area contributed by atoms with Crippen LogP contribution < -0.4 is 5.32 Å². The number of ether oxygens (including phenoxy) is 1. The molecule has 1 heterocycles. The first-order chi connectivity index (χ1) is 14.5. The van der Waals surface area contributed by atoms with Crippen molar-refractivity contribution in [1.82, 2.24) is 4.98 Å². The van der Waals surface area contributed by atoms with E-state index in [4.69, 9.17) is 4.74 Å². The maximum Gasteiger partial charge on any atom is 0.248 e. The van der Waals surface area contributed by atoms with E-state index in [9.17, 15) is 13.2 Å². The highest BCUT2D eigenvalue weighted by atomic mass is 32.2. The first-order valence-corrected chi connectivity index (χ1v) is 10.8. The summed E-state index contributed by atoms with van der Waals surface area (Å²) in [6, 6.07) is 9.70. The van der Waals surface area contributed by atoms with Gasteiger partial charge in [0.15, 0.2) is 9.84 Å². The summed E-state index contributed by atoms with van der Waals surface area (Å²) < 4.78 is 30.5. The number of allylic oxidation sites excluding steroid dienone is 3. The van der Waals surface area contributed by atoms with Gasteiger partial charge in [0, 0.05) is 36.7 Å². The summed E-state index contributed by atoms with van der Waals surface area (Å²) in [5.74, 6) is -0.318. The smallest absolute Gasteiger partial charge is 0.248 e. The zero-order valence-corrected chi connectivity index (χ0v) is 17.3. The lowest BCUT2D eigenvalue weighted by molar-refractivity contribution is -0.111. The predicted molar refractivity (Wildman–Crippen MR) is 117 cm³/mol. The van der Waals surface area contributed by atoms with Crippen molar-refractivity contribution < 1.29 is 17.9 Å². The highest BCUT2D eigenvalue weighted by Gasteiger charge is 2.13. The zero-order valence-electron chi connectivity index (χ0n) is 16.5. The van der Waals surface area contributed by atoms with Crippen LogP contribution in [0.3, 0.4) is 0 Å². The summed E-state index contributed by atoms with van der Waals surface area (Å²) in [5, 5.41) is 3.98. The molecule has 154 valence electrons. The summed E-state index contributed by atoms with van der Waals surface area (Å²) >= 11 is 0. The minimum Gasteiger partial charge on any atom is -0.380 e. The average molecular weight is 423 g/mol. The number of methoxy groups -OCH3 is 1. The zero-order chi connectivity index (χ0) is 21.4. The molecule has 3 rings (SSSR count). The Morgan fingerprint density at radius 2 is 2.03 bits per heavy atom. The molecule has 0 unspecified atom stereocenters. The fourth-order valence-electron chi connectivity index (χ4n) is 2.86. The lowest BCUT2D eigenvalue weighted by Crippen LogP contribution is -2.08. The van der Waals surface area contributed by atoms with Gasteiger partial charge < -0.3 is 10.1 Å². The molecule has 0 radical (unpaired) electrons. The number of hydrogen-bond donors (Lipinski definition) is 1. The fraction of sp³-hybridized carbons (Fsp3) is 0.130. The predicted octanol–water partition coefficient (Wildman–Crippen LogP) is 3.92. The van der Waals surface area contributed by atoms with Crippen LogP contribution in [0, 0.1) is 0 Å². The molecule has 0 fully saturated rings. The van der Waals surface area contributed by atoms with Crippen molar-refractivity contribution in [2.45, 2.75) is 11.3 Å². The molecule has 0 aliphatic heterocycles. The Bertz CT molecular complexity index is 1110. The van der Waals surface area contributed by atoms with E-state index in [1.807, 2.05) is 24.3 Å². The Hall–Kier alpha value is -3.29. The molecule has 1 aliphatic carbocycles. The van der Waals surface area contributed by atoms with E-state index in [0.717, 1.165) is 11.1 Å². The molecular formula is C23H22N2O4S. The van der Waals surface area contributed by atoms with Crippen LogP contribution in [0.25, 0.3) is 6.08 Å². The Balaban J connectivity index is 1.67. The minimum absolute atomic E-state index is 0.162. The third-order valence-electron chi connectivity index (χ3n) is 4.24. The van der Waals surface area contributed by atoms with Gasteiger partial charge in [-0.05, 0) is 59.5 Å². The van der Waals surface area contributed by atoms with E-state index in [1.165, 1.54) is 23.6 Å². The number of benzene rings is 1. The molecule has 6 nitrogen and oxygen atoms in total. The number of hydrogen-bond acceptors (Lipinski definition) is 5. The molecule has 0 spiro atoms.